The minimum Gasteiger partial charge on any atom is -0.376 e. The van der Waals surface area contributed by atoms with Crippen molar-refractivity contribution in [1.82, 2.24) is 24.6 Å². The quantitative estimate of drug-likeness (QED) is 0.393. The number of aromatic amines is 1. The van der Waals surface area contributed by atoms with Crippen LogP contribution >= 0.6 is 0 Å². The first-order valence-electron chi connectivity index (χ1n) is 11.8. The van der Waals surface area contributed by atoms with Gasteiger partial charge in [0.1, 0.15) is 5.69 Å². The van der Waals surface area contributed by atoms with E-state index in [-0.39, 0.29) is 23.1 Å². The highest BCUT2D eigenvalue weighted by Gasteiger charge is 2.47. The molecule has 186 valence electrons. The lowest BCUT2D eigenvalue weighted by Crippen LogP contribution is -2.51. The summed E-state index contributed by atoms with van der Waals surface area (Å²) in [5.74, 6) is 6.42. The lowest BCUT2D eigenvalue weighted by molar-refractivity contribution is -0.137. The molecular formula is C25H24F3N7O. The van der Waals surface area contributed by atoms with Crippen LogP contribution in [0.1, 0.15) is 36.6 Å². The molecule has 1 aromatic carbocycles. The van der Waals surface area contributed by atoms with E-state index in [2.05, 4.69) is 31.9 Å². The topological polar surface area (TPSA) is 97.4 Å². The van der Waals surface area contributed by atoms with E-state index in [0.717, 1.165) is 44.0 Å². The highest BCUT2D eigenvalue weighted by Crippen LogP contribution is 2.42. The summed E-state index contributed by atoms with van der Waals surface area (Å²) in [5, 5.41) is 7.83. The predicted molar refractivity (Wildman–Crippen MR) is 127 cm³/mol. The number of rotatable bonds is 1. The van der Waals surface area contributed by atoms with Crippen LogP contribution in [0.3, 0.4) is 0 Å². The van der Waals surface area contributed by atoms with Crippen LogP contribution in [-0.2, 0) is 10.9 Å². The minimum absolute atomic E-state index is 0.00572. The molecular weight excluding hydrogens is 471 g/mol. The fraction of sp³-hybridized carbons (Fsp3) is 0.400. The molecule has 0 saturated carbocycles. The third kappa shape index (κ3) is 3.68. The minimum atomic E-state index is -4.43. The largest absolute Gasteiger partial charge is 0.416 e. The monoisotopic (exact) mass is 495 g/mol. The number of H-pyrrole nitrogens is 1. The zero-order valence-corrected chi connectivity index (χ0v) is 19.5. The molecule has 0 bridgehead atoms. The smallest absolute Gasteiger partial charge is 0.376 e. The number of imidazole rings is 1. The number of nitrogens with one attached hydrogen (secondary N) is 1. The van der Waals surface area contributed by atoms with Crippen LogP contribution in [0, 0.1) is 17.3 Å². The maximum atomic E-state index is 13.0. The Morgan fingerprint density at radius 1 is 1.22 bits per heavy atom. The molecule has 2 aliphatic heterocycles. The van der Waals surface area contributed by atoms with Gasteiger partial charge in [0.15, 0.2) is 11.3 Å². The van der Waals surface area contributed by atoms with E-state index in [1.165, 1.54) is 12.1 Å². The summed E-state index contributed by atoms with van der Waals surface area (Å²) in [7, 11) is 0. The summed E-state index contributed by atoms with van der Waals surface area (Å²) in [4.78, 5) is 11.5. The second-order valence-corrected chi connectivity index (χ2v) is 9.55. The van der Waals surface area contributed by atoms with Crippen molar-refractivity contribution >= 4 is 22.6 Å². The normalized spacial score (nSPS) is 21.9. The van der Waals surface area contributed by atoms with E-state index < -0.39 is 11.7 Å². The number of alkyl halides is 3. The van der Waals surface area contributed by atoms with Gasteiger partial charge in [-0.1, -0.05) is 12.0 Å². The second-order valence-electron chi connectivity index (χ2n) is 9.55. The van der Waals surface area contributed by atoms with Gasteiger partial charge in [0.2, 0.25) is 5.95 Å². The number of piperidine rings is 1. The molecule has 8 nitrogen and oxygen atoms in total. The van der Waals surface area contributed by atoms with E-state index in [1.807, 2.05) is 17.5 Å². The van der Waals surface area contributed by atoms with E-state index in [0.29, 0.717) is 29.0 Å². The molecule has 3 aromatic heterocycles. The van der Waals surface area contributed by atoms with Gasteiger partial charge in [-0.3, -0.25) is 9.50 Å². The molecule has 3 N–H and O–H groups in total. The number of nitrogens with two attached hydrogens (primary N) is 1. The number of aromatic nitrogens is 5. The Hall–Kier alpha value is -3.62. The maximum Gasteiger partial charge on any atom is 0.416 e. The van der Waals surface area contributed by atoms with Gasteiger partial charge in [-0.15, -0.1) is 0 Å². The van der Waals surface area contributed by atoms with Gasteiger partial charge in [-0.25, -0.2) is 4.98 Å². The first-order chi connectivity index (χ1) is 17.2. The fourth-order valence-corrected chi connectivity index (χ4v) is 5.27. The number of anilines is 1. The number of fused-ring (bicyclic) bond motifs is 3. The molecule has 2 atom stereocenters. The molecule has 4 aromatic rings. The molecule has 0 unspecified atom stereocenters. The average molecular weight is 496 g/mol. The van der Waals surface area contributed by atoms with Crippen molar-refractivity contribution in [2.45, 2.75) is 38.1 Å². The summed E-state index contributed by atoms with van der Waals surface area (Å²) >= 11 is 0. The van der Waals surface area contributed by atoms with Crippen LogP contribution in [0.25, 0.3) is 16.7 Å². The first-order valence-corrected chi connectivity index (χ1v) is 11.8. The van der Waals surface area contributed by atoms with Crippen molar-refractivity contribution in [2.24, 2.45) is 11.1 Å². The van der Waals surface area contributed by atoms with Crippen molar-refractivity contribution in [1.29, 1.82) is 0 Å². The molecule has 0 radical (unpaired) electrons. The van der Waals surface area contributed by atoms with Gasteiger partial charge in [-0.05, 0) is 43.9 Å². The van der Waals surface area contributed by atoms with Crippen molar-refractivity contribution in [3.05, 3.63) is 53.5 Å². The molecule has 0 amide bonds. The van der Waals surface area contributed by atoms with E-state index in [4.69, 9.17) is 15.5 Å². The lowest BCUT2D eigenvalue weighted by atomic mass is 9.73. The highest BCUT2D eigenvalue weighted by atomic mass is 19.4. The third-order valence-electron chi connectivity index (χ3n) is 7.44. The van der Waals surface area contributed by atoms with Gasteiger partial charge in [-0.2, -0.15) is 23.3 Å². The number of benzene rings is 1. The average Bonchev–Trinajstić information content (AvgIpc) is 3.57. The number of hydrogen-bond acceptors (Lipinski definition) is 6. The second kappa shape index (κ2) is 8.21. The summed E-state index contributed by atoms with van der Waals surface area (Å²) in [6.45, 7) is 4.28. The molecule has 5 heterocycles. The Morgan fingerprint density at radius 3 is 2.75 bits per heavy atom. The van der Waals surface area contributed by atoms with Crippen LogP contribution in [0.5, 0.6) is 0 Å². The zero-order valence-electron chi connectivity index (χ0n) is 19.5. The van der Waals surface area contributed by atoms with Crippen molar-refractivity contribution < 1.29 is 17.9 Å². The Bertz CT molecular complexity index is 1500. The van der Waals surface area contributed by atoms with Gasteiger partial charge in [0, 0.05) is 42.5 Å². The predicted octanol–water partition coefficient (Wildman–Crippen LogP) is 3.36. The Balaban J connectivity index is 1.33. The Labute approximate surface area is 204 Å². The van der Waals surface area contributed by atoms with Crippen molar-refractivity contribution in [3.63, 3.8) is 0 Å². The fourth-order valence-electron chi connectivity index (χ4n) is 5.27. The molecule has 11 heteroatoms. The molecule has 0 aliphatic carbocycles. The Morgan fingerprint density at radius 2 is 2.03 bits per heavy atom. The van der Waals surface area contributed by atoms with Gasteiger partial charge >= 0.3 is 6.18 Å². The van der Waals surface area contributed by atoms with E-state index in [1.54, 1.807) is 6.20 Å². The summed E-state index contributed by atoms with van der Waals surface area (Å²) in [6.07, 6.45) is 0.972. The van der Waals surface area contributed by atoms with Crippen LogP contribution in [0.2, 0.25) is 0 Å². The zero-order chi connectivity index (χ0) is 25.1. The lowest BCUT2D eigenvalue weighted by Gasteiger charge is -2.41. The molecule has 2 aliphatic rings. The molecule has 2 fully saturated rings. The molecule has 6 rings (SSSR count). The summed E-state index contributed by atoms with van der Waals surface area (Å²) in [5.41, 5.74) is 7.49. The number of halogens is 3. The molecule has 2 saturated heterocycles. The van der Waals surface area contributed by atoms with Crippen LogP contribution in [0.4, 0.5) is 19.1 Å². The van der Waals surface area contributed by atoms with Crippen LogP contribution in [-0.4, -0.2) is 56.4 Å². The first kappa shape index (κ1) is 22.8. The van der Waals surface area contributed by atoms with Crippen molar-refractivity contribution in [2.75, 3.05) is 24.6 Å². The van der Waals surface area contributed by atoms with Crippen LogP contribution < -0.4 is 10.6 Å². The van der Waals surface area contributed by atoms with Gasteiger partial charge in [0.25, 0.3) is 0 Å². The number of ether oxygens (including phenoxy) is 1. The van der Waals surface area contributed by atoms with Crippen molar-refractivity contribution in [3.8, 4) is 11.8 Å². The SMILES string of the molecule is C[C@@H]1OCC2(CCN(c3nc4[nH]nc(C#Cc5cccc(C(F)(F)F)c5)c4c4nccn34)CC2)[C@@H]1N. The molecule has 36 heavy (non-hydrogen) atoms. The van der Waals surface area contributed by atoms with Gasteiger partial charge < -0.3 is 15.4 Å². The van der Waals surface area contributed by atoms with Crippen LogP contribution in [0.15, 0.2) is 36.7 Å². The summed E-state index contributed by atoms with van der Waals surface area (Å²) < 4.78 is 46.9. The maximum absolute atomic E-state index is 13.0. The van der Waals surface area contributed by atoms with E-state index >= 15 is 0 Å². The molecule has 1 spiro atoms. The van der Waals surface area contributed by atoms with E-state index in [9.17, 15) is 13.2 Å². The standard InChI is InChI=1S/C25H24F3N7O/c1-15-20(29)24(14-36-15)7-10-34(11-8-24)23-31-21-19(22-30-9-12-35(22)23)18(32-33-21)6-5-16-3-2-4-17(13-16)25(26,27)28/h2-4,9,12-13,15,20H,7-8,10-11,14,29H2,1H3,(H,32,33)/t15-,20+/m0/s1. The number of hydrogen-bond donors (Lipinski definition) is 2. The number of nitrogens with zero attached hydrogens (tertiary/aromatic N) is 5. The Kier molecular flexibility index (Phi) is 5.21. The highest BCUT2D eigenvalue weighted by molar-refractivity contribution is 5.94. The third-order valence-corrected chi connectivity index (χ3v) is 7.44. The summed E-state index contributed by atoms with van der Waals surface area (Å²) in [6, 6.07) is 4.93. The van der Waals surface area contributed by atoms with Gasteiger partial charge in [0.05, 0.1) is 23.7 Å².